The van der Waals surface area contributed by atoms with Crippen molar-refractivity contribution < 1.29 is 9.53 Å². The minimum atomic E-state index is -0.286. The topological polar surface area (TPSA) is 76.5 Å². The van der Waals surface area contributed by atoms with Crippen LogP contribution in [0.3, 0.4) is 0 Å². The van der Waals surface area contributed by atoms with Gasteiger partial charge in [0.1, 0.15) is 5.75 Å². The van der Waals surface area contributed by atoms with Crippen LogP contribution in [0.4, 0.5) is 0 Å². The van der Waals surface area contributed by atoms with Crippen LogP contribution in [-0.2, 0) is 0 Å². The first-order valence-corrected chi connectivity index (χ1v) is 10.8. The van der Waals surface area contributed by atoms with Gasteiger partial charge in [0.25, 0.3) is 11.5 Å². The molecule has 0 fully saturated rings. The van der Waals surface area contributed by atoms with Gasteiger partial charge < -0.3 is 15.0 Å². The highest BCUT2D eigenvalue weighted by molar-refractivity contribution is 6.04. The molecule has 1 heterocycles. The molecule has 0 spiro atoms. The van der Waals surface area contributed by atoms with Gasteiger partial charge in [-0.15, -0.1) is 0 Å². The molecule has 164 valence electrons. The maximum Gasteiger partial charge on any atom is 0.279 e. The minimum absolute atomic E-state index is 0.239. The summed E-state index contributed by atoms with van der Waals surface area (Å²) in [4.78, 5) is 28.4. The Bertz CT molecular complexity index is 1070. The van der Waals surface area contributed by atoms with E-state index in [9.17, 15) is 9.59 Å². The summed E-state index contributed by atoms with van der Waals surface area (Å²) in [5, 5.41) is 8.42. The first-order chi connectivity index (χ1) is 15.1. The molecule has 0 radical (unpaired) electrons. The zero-order valence-corrected chi connectivity index (χ0v) is 18.4. The Morgan fingerprint density at radius 1 is 1.00 bits per heavy atom. The van der Waals surface area contributed by atoms with Crippen LogP contribution in [0, 0.1) is 0 Å². The number of hydrogen-bond acceptors (Lipinski definition) is 5. The summed E-state index contributed by atoms with van der Waals surface area (Å²) in [5.74, 6) is 0.394. The fourth-order valence-corrected chi connectivity index (χ4v) is 3.63. The van der Waals surface area contributed by atoms with E-state index >= 15 is 0 Å². The van der Waals surface area contributed by atoms with Gasteiger partial charge in [0.05, 0.1) is 18.2 Å². The van der Waals surface area contributed by atoms with E-state index in [1.54, 1.807) is 49.6 Å². The number of hydrogen-bond donors (Lipinski definition) is 1. The van der Waals surface area contributed by atoms with E-state index in [0.29, 0.717) is 28.8 Å². The lowest BCUT2D eigenvalue weighted by atomic mass is 10.1. The van der Waals surface area contributed by atoms with Crippen molar-refractivity contribution in [1.82, 2.24) is 20.0 Å². The largest absolute Gasteiger partial charge is 0.497 e. The van der Waals surface area contributed by atoms with Crippen molar-refractivity contribution in [1.29, 1.82) is 0 Å². The molecule has 0 aliphatic heterocycles. The first-order valence-electron chi connectivity index (χ1n) is 10.8. The summed E-state index contributed by atoms with van der Waals surface area (Å²) in [5.41, 5.74) is 0.542. The van der Waals surface area contributed by atoms with Crippen LogP contribution in [0.5, 0.6) is 5.75 Å². The second-order valence-electron chi connectivity index (χ2n) is 7.41. The van der Waals surface area contributed by atoms with Crippen LogP contribution < -0.4 is 15.6 Å². The lowest BCUT2D eigenvalue weighted by molar-refractivity contribution is 0.0943. The molecule has 1 aromatic heterocycles. The van der Waals surface area contributed by atoms with Gasteiger partial charge in [-0.05, 0) is 56.3 Å². The standard InChI is InChI=1S/C24H30N4O3/c1-4-15-27(16-5-2)17-14-25-23(29)22-20-8-6-7-9-21(20)24(30)28(26-22)18-10-12-19(31-3)13-11-18/h6-13H,4-5,14-17H2,1-3H3,(H,25,29). The van der Waals surface area contributed by atoms with Gasteiger partial charge >= 0.3 is 0 Å². The van der Waals surface area contributed by atoms with Gasteiger partial charge in [-0.3, -0.25) is 9.59 Å². The summed E-state index contributed by atoms with van der Waals surface area (Å²) in [6.07, 6.45) is 2.15. The average molecular weight is 423 g/mol. The molecule has 3 aromatic rings. The summed E-state index contributed by atoms with van der Waals surface area (Å²) in [7, 11) is 1.58. The SMILES string of the molecule is CCCN(CCC)CCNC(=O)c1nn(-c2ccc(OC)cc2)c(=O)c2ccccc12. The van der Waals surface area contributed by atoms with Gasteiger partial charge in [0.2, 0.25) is 0 Å². The summed E-state index contributed by atoms with van der Waals surface area (Å²) in [6.45, 7) is 7.62. The van der Waals surface area contributed by atoms with Crippen LogP contribution >= 0.6 is 0 Å². The smallest absolute Gasteiger partial charge is 0.279 e. The summed E-state index contributed by atoms with van der Waals surface area (Å²) < 4.78 is 6.46. The summed E-state index contributed by atoms with van der Waals surface area (Å²) >= 11 is 0. The first kappa shape index (κ1) is 22.5. The molecule has 0 unspecified atom stereocenters. The molecule has 1 amide bonds. The van der Waals surface area contributed by atoms with Crippen LogP contribution in [-0.4, -0.2) is 53.9 Å². The van der Waals surface area contributed by atoms with Gasteiger partial charge in [-0.1, -0.05) is 32.0 Å². The van der Waals surface area contributed by atoms with E-state index in [1.165, 1.54) is 4.68 Å². The number of ether oxygens (including phenoxy) is 1. The van der Waals surface area contributed by atoms with Crippen LogP contribution in [0.25, 0.3) is 16.5 Å². The number of carbonyl (C=O) groups excluding carboxylic acids is 1. The predicted molar refractivity (Wildman–Crippen MR) is 123 cm³/mol. The number of nitrogens with zero attached hydrogens (tertiary/aromatic N) is 3. The normalized spacial score (nSPS) is 11.1. The van der Waals surface area contributed by atoms with Crippen molar-refractivity contribution in [3.63, 3.8) is 0 Å². The highest BCUT2D eigenvalue weighted by atomic mass is 16.5. The predicted octanol–water partition coefficient (Wildman–Crippen LogP) is 3.25. The maximum atomic E-state index is 13.0. The van der Waals surface area contributed by atoms with E-state index < -0.39 is 0 Å². The molecular formula is C24H30N4O3. The number of methoxy groups -OCH3 is 1. The van der Waals surface area contributed by atoms with Crippen molar-refractivity contribution in [3.8, 4) is 11.4 Å². The Hall–Kier alpha value is -3.19. The second kappa shape index (κ2) is 10.7. The van der Waals surface area contributed by atoms with E-state index in [1.807, 2.05) is 6.07 Å². The average Bonchev–Trinajstić information content (AvgIpc) is 2.80. The Balaban J connectivity index is 1.91. The second-order valence-corrected chi connectivity index (χ2v) is 7.41. The molecule has 0 saturated carbocycles. The zero-order chi connectivity index (χ0) is 22.2. The third kappa shape index (κ3) is 5.30. The number of amides is 1. The molecule has 7 heteroatoms. The molecule has 31 heavy (non-hydrogen) atoms. The van der Waals surface area contributed by atoms with E-state index in [4.69, 9.17) is 4.74 Å². The van der Waals surface area contributed by atoms with E-state index in [2.05, 4.69) is 29.2 Å². The number of benzene rings is 2. The number of fused-ring (bicyclic) bond motifs is 1. The van der Waals surface area contributed by atoms with Crippen molar-refractivity contribution in [3.05, 3.63) is 64.6 Å². The fourth-order valence-electron chi connectivity index (χ4n) is 3.63. The number of nitrogens with one attached hydrogen (secondary N) is 1. The Morgan fingerprint density at radius 2 is 1.65 bits per heavy atom. The van der Waals surface area contributed by atoms with Gasteiger partial charge in [0.15, 0.2) is 5.69 Å². The molecule has 0 aliphatic carbocycles. The fraction of sp³-hybridized carbons (Fsp3) is 0.375. The highest BCUT2D eigenvalue weighted by Gasteiger charge is 2.17. The molecule has 2 aromatic carbocycles. The molecule has 0 saturated heterocycles. The van der Waals surface area contributed by atoms with E-state index in [-0.39, 0.29) is 17.2 Å². The summed E-state index contributed by atoms with van der Waals surface area (Å²) in [6, 6.07) is 14.1. The van der Waals surface area contributed by atoms with Crippen molar-refractivity contribution in [2.75, 3.05) is 33.3 Å². The highest BCUT2D eigenvalue weighted by Crippen LogP contribution is 2.17. The van der Waals surface area contributed by atoms with Crippen LogP contribution in [0.15, 0.2) is 53.3 Å². The molecule has 0 aliphatic rings. The molecule has 0 bridgehead atoms. The lowest BCUT2D eigenvalue weighted by Gasteiger charge is -2.21. The monoisotopic (exact) mass is 422 g/mol. The van der Waals surface area contributed by atoms with Crippen molar-refractivity contribution in [2.45, 2.75) is 26.7 Å². The molecule has 3 rings (SSSR count). The van der Waals surface area contributed by atoms with Crippen LogP contribution in [0.1, 0.15) is 37.2 Å². The Labute approximate surface area is 182 Å². The quantitative estimate of drug-likeness (QED) is 0.543. The molecule has 0 atom stereocenters. The Morgan fingerprint density at radius 3 is 2.26 bits per heavy atom. The zero-order valence-electron chi connectivity index (χ0n) is 18.4. The third-order valence-corrected chi connectivity index (χ3v) is 5.13. The molecule has 7 nitrogen and oxygen atoms in total. The molecular weight excluding hydrogens is 392 g/mol. The maximum absolute atomic E-state index is 13.0. The molecule has 1 N–H and O–H groups in total. The van der Waals surface area contributed by atoms with Crippen molar-refractivity contribution in [2.24, 2.45) is 0 Å². The Kier molecular flexibility index (Phi) is 7.78. The van der Waals surface area contributed by atoms with Crippen LogP contribution in [0.2, 0.25) is 0 Å². The minimum Gasteiger partial charge on any atom is -0.497 e. The number of carbonyl (C=O) groups is 1. The van der Waals surface area contributed by atoms with Gasteiger partial charge in [-0.25, -0.2) is 0 Å². The number of rotatable bonds is 10. The van der Waals surface area contributed by atoms with E-state index in [0.717, 1.165) is 32.5 Å². The van der Waals surface area contributed by atoms with Crippen molar-refractivity contribution >= 4 is 16.7 Å². The number of aromatic nitrogens is 2. The van der Waals surface area contributed by atoms with Gasteiger partial charge in [0, 0.05) is 18.5 Å². The van der Waals surface area contributed by atoms with Gasteiger partial charge in [-0.2, -0.15) is 9.78 Å². The third-order valence-electron chi connectivity index (χ3n) is 5.13. The lowest BCUT2D eigenvalue weighted by Crippen LogP contribution is -2.37.